The third-order valence-corrected chi connectivity index (χ3v) is 6.59. The minimum absolute atomic E-state index is 0.113. The standard InChI is InChI=1S/C27H30N2O7/c1-27(2,3)36-26(33)28-19-6-5-7-20-17(19)12-21(35-20)15-10-11-16-22(24(15)34-4)29(14-8-9-14)13-18(23(16)30)25(31)32/h10-14,19H,5-9H2,1-4H3,(H,28,33)(H,31,32). The number of furan rings is 1. The monoisotopic (exact) mass is 494 g/mol. The average Bonchev–Trinajstić information content (AvgIpc) is 3.55. The van der Waals surface area contributed by atoms with Gasteiger partial charge in [0.2, 0.25) is 5.43 Å². The summed E-state index contributed by atoms with van der Waals surface area (Å²) in [5.74, 6) is 0.562. The maximum Gasteiger partial charge on any atom is 0.408 e. The second kappa shape index (κ2) is 8.72. The third kappa shape index (κ3) is 4.34. The largest absolute Gasteiger partial charge is 0.494 e. The fourth-order valence-corrected chi connectivity index (χ4v) is 4.90. The Morgan fingerprint density at radius 1 is 1.19 bits per heavy atom. The van der Waals surface area contributed by atoms with Crippen LogP contribution in [0.2, 0.25) is 0 Å². The molecule has 190 valence electrons. The molecule has 1 amide bonds. The lowest BCUT2D eigenvalue weighted by Gasteiger charge is -2.25. The molecule has 0 saturated heterocycles. The average molecular weight is 495 g/mol. The smallest absolute Gasteiger partial charge is 0.408 e. The minimum atomic E-state index is -1.25. The quantitative estimate of drug-likeness (QED) is 0.500. The number of carbonyl (C=O) groups is 2. The summed E-state index contributed by atoms with van der Waals surface area (Å²) in [4.78, 5) is 37.1. The van der Waals surface area contributed by atoms with Gasteiger partial charge in [0.25, 0.3) is 0 Å². The van der Waals surface area contributed by atoms with E-state index in [1.807, 2.05) is 31.4 Å². The number of aromatic nitrogens is 1. The Labute approximate surface area is 208 Å². The fourth-order valence-electron chi connectivity index (χ4n) is 4.90. The zero-order valence-corrected chi connectivity index (χ0v) is 20.8. The van der Waals surface area contributed by atoms with Crippen molar-refractivity contribution in [3.05, 3.63) is 51.5 Å². The number of nitrogens with zero attached hydrogens (tertiary/aromatic N) is 1. The van der Waals surface area contributed by atoms with Gasteiger partial charge in [0.1, 0.15) is 22.7 Å². The first-order valence-electron chi connectivity index (χ1n) is 12.2. The molecule has 1 aromatic carbocycles. The molecule has 2 aromatic heterocycles. The molecule has 9 nitrogen and oxygen atoms in total. The number of carboxylic acid groups (broad SMARTS) is 1. The molecule has 3 aromatic rings. The molecule has 0 spiro atoms. The van der Waals surface area contributed by atoms with E-state index in [9.17, 15) is 19.5 Å². The summed E-state index contributed by atoms with van der Waals surface area (Å²) >= 11 is 0. The highest BCUT2D eigenvalue weighted by Crippen LogP contribution is 2.44. The first kappa shape index (κ1) is 24.0. The van der Waals surface area contributed by atoms with Crippen LogP contribution in [0.25, 0.3) is 22.2 Å². The number of pyridine rings is 1. The van der Waals surface area contributed by atoms with Crippen molar-refractivity contribution in [2.75, 3.05) is 7.11 Å². The Hall–Kier alpha value is -3.75. The highest BCUT2D eigenvalue weighted by atomic mass is 16.6. The number of carbonyl (C=O) groups excluding carboxylic acids is 1. The molecule has 0 bridgehead atoms. The molecular formula is C27H30N2O7. The van der Waals surface area contributed by atoms with E-state index < -0.39 is 23.1 Å². The number of aromatic carboxylic acids is 1. The SMILES string of the molecule is COc1c(-c2cc3c(o2)CCCC3NC(=O)OC(C)(C)C)ccc2c(=O)c(C(=O)O)cn(C3CC3)c12. The van der Waals surface area contributed by atoms with Gasteiger partial charge in [0, 0.05) is 24.2 Å². The lowest BCUT2D eigenvalue weighted by atomic mass is 9.93. The highest BCUT2D eigenvalue weighted by molar-refractivity contribution is 5.97. The van der Waals surface area contributed by atoms with E-state index in [-0.39, 0.29) is 17.6 Å². The molecule has 36 heavy (non-hydrogen) atoms. The first-order chi connectivity index (χ1) is 17.1. The van der Waals surface area contributed by atoms with Gasteiger partial charge >= 0.3 is 12.1 Å². The zero-order chi connectivity index (χ0) is 25.8. The molecule has 1 atom stereocenters. The van der Waals surface area contributed by atoms with E-state index in [0.717, 1.165) is 43.4 Å². The number of carboxylic acids is 1. The Morgan fingerprint density at radius 2 is 1.94 bits per heavy atom. The molecule has 2 heterocycles. The van der Waals surface area contributed by atoms with Crippen LogP contribution >= 0.6 is 0 Å². The second-order valence-corrected chi connectivity index (χ2v) is 10.4. The van der Waals surface area contributed by atoms with Gasteiger partial charge in [-0.25, -0.2) is 9.59 Å². The van der Waals surface area contributed by atoms with Crippen LogP contribution in [0.5, 0.6) is 5.75 Å². The first-order valence-corrected chi connectivity index (χ1v) is 12.2. The van der Waals surface area contributed by atoms with E-state index in [0.29, 0.717) is 28.0 Å². The molecule has 0 radical (unpaired) electrons. The number of methoxy groups -OCH3 is 1. The lowest BCUT2D eigenvalue weighted by molar-refractivity contribution is 0.0497. The van der Waals surface area contributed by atoms with Crippen LogP contribution in [0.3, 0.4) is 0 Å². The number of hydrogen-bond acceptors (Lipinski definition) is 6. The van der Waals surface area contributed by atoms with Crippen molar-refractivity contribution in [1.82, 2.24) is 9.88 Å². The van der Waals surface area contributed by atoms with Gasteiger partial charge in [-0.2, -0.15) is 0 Å². The van der Waals surface area contributed by atoms with Crippen molar-refractivity contribution in [3.8, 4) is 17.1 Å². The summed E-state index contributed by atoms with van der Waals surface area (Å²) < 4.78 is 19.3. The summed E-state index contributed by atoms with van der Waals surface area (Å²) in [5.41, 5.74) is 0.718. The Balaban J connectivity index is 1.59. The number of alkyl carbamates (subject to hydrolysis) is 1. The molecule has 2 aliphatic rings. The number of ether oxygens (including phenoxy) is 2. The van der Waals surface area contributed by atoms with E-state index in [2.05, 4.69) is 5.32 Å². The summed E-state index contributed by atoms with van der Waals surface area (Å²) in [7, 11) is 1.53. The summed E-state index contributed by atoms with van der Waals surface area (Å²) in [6.45, 7) is 5.46. The molecule has 9 heteroatoms. The molecule has 2 aliphatic carbocycles. The van der Waals surface area contributed by atoms with E-state index in [1.54, 1.807) is 12.1 Å². The lowest BCUT2D eigenvalue weighted by Crippen LogP contribution is -2.35. The van der Waals surface area contributed by atoms with Crippen LogP contribution in [0.15, 0.2) is 33.6 Å². The third-order valence-electron chi connectivity index (χ3n) is 6.59. The number of hydrogen-bond donors (Lipinski definition) is 2. The van der Waals surface area contributed by atoms with E-state index in [1.165, 1.54) is 13.3 Å². The number of amides is 1. The van der Waals surface area contributed by atoms with Gasteiger partial charge in [-0.15, -0.1) is 0 Å². The highest BCUT2D eigenvalue weighted by Gasteiger charge is 2.31. The predicted molar refractivity (Wildman–Crippen MR) is 133 cm³/mol. The van der Waals surface area contributed by atoms with Crippen LogP contribution in [0.4, 0.5) is 4.79 Å². The van der Waals surface area contributed by atoms with E-state index >= 15 is 0 Å². The van der Waals surface area contributed by atoms with Gasteiger partial charge in [0.05, 0.1) is 29.6 Å². The second-order valence-electron chi connectivity index (χ2n) is 10.4. The Bertz CT molecular complexity index is 1420. The Kier molecular flexibility index (Phi) is 5.81. The maximum atomic E-state index is 13.0. The van der Waals surface area contributed by atoms with Crippen molar-refractivity contribution in [3.63, 3.8) is 0 Å². The summed E-state index contributed by atoms with van der Waals surface area (Å²) in [6.07, 6.45) is 5.11. The van der Waals surface area contributed by atoms with Crippen molar-refractivity contribution in [2.24, 2.45) is 0 Å². The number of aryl methyl sites for hydroxylation is 1. The van der Waals surface area contributed by atoms with Crippen molar-refractivity contribution >= 4 is 23.0 Å². The molecule has 5 rings (SSSR count). The van der Waals surface area contributed by atoms with Gasteiger partial charge < -0.3 is 28.9 Å². The van der Waals surface area contributed by atoms with Crippen LogP contribution in [0, 0.1) is 0 Å². The summed E-state index contributed by atoms with van der Waals surface area (Å²) in [6, 6.07) is 5.15. The van der Waals surface area contributed by atoms with Crippen LogP contribution in [-0.2, 0) is 11.2 Å². The topological polar surface area (TPSA) is 120 Å². The number of rotatable bonds is 5. The van der Waals surface area contributed by atoms with Gasteiger partial charge in [-0.05, 0) is 64.7 Å². The predicted octanol–water partition coefficient (Wildman–Crippen LogP) is 5.21. The van der Waals surface area contributed by atoms with Crippen LogP contribution < -0.4 is 15.5 Å². The normalized spacial score (nSPS) is 17.5. The van der Waals surface area contributed by atoms with Crippen molar-refractivity contribution < 1.29 is 28.6 Å². The number of fused-ring (bicyclic) bond motifs is 2. The fraction of sp³-hybridized carbons (Fsp3) is 0.444. The number of benzene rings is 1. The Morgan fingerprint density at radius 3 is 2.58 bits per heavy atom. The van der Waals surface area contributed by atoms with Crippen molar-refractivity contribution in [2.45, 2.75) is 70.6 Å². The molecular weight excluding hydrogens is 464 g/mol. The number of nitrogens with one attached hydrogen (secondary N) is 1. The molecule has 1 saturated carbocycles. The molecule has 1 fully saturated rings. The van der Waals surface area contributed by atoms with E-state index in [4.69, 9.17) is 13.9 Å². The minimum Gasteiger partial charge on any atom is -0.494 e. The van der Waals surface area contributed by atoms with Gasteiger partial charge in [0.15, 0.2) is 5.75 Å². The van der Waals surface area contributed by atoms with Gasteiger partial charge in [-0.3, -0.25) is 4.79 Å². The van der Waals surface area contributed by atoms with Crippen molar-refractivity contribution in [1.29, 1.82) is 0 Å². The molecule has 2 N–H and O–H groups in total. The van der Waals surface area contributed by atoms with Crippen LogP contribution in [0.1, 0.15) is 80.2 Å². The maximum absolute atomic E-state index is 13.0. The van der Waals surface area contributed by atoms with Gasteiger partial charge in [-0.1, -0.05) is 0 Å². The summed E-state index contributed by atoms with van der Waals surface area (Å²) in [5, 5.41) is 12.8. The molecule has 1 unspecified atom stereocenters. The molecule has 0 aliphatic heterocycles. The zero-order valence-electron chi connectivity index (χ0n) is 20.8. The van der Waals surface area contributed by atoms with Crippen LogP contribution in [-0.4, -0.2) is 34.4 Å².